The van der Waals surface area contributed by atoms with Gasteiger partial charge in [-0.05, 0) is 142 Å². The van der Waals surface area contributed by atoms with Crippen molar-refractivity contribution in [3.63, 3.8) is 0 Å². The van der Waals surface area contributed by atoms with Crippen molar-refractivity contribution < 1.29 is 15.0 Å². The van der Waals surface area contributed by atoms with Gasteiger partial charge in [0.15, 0.2) is 21.2 Å². The van der Waals surface area contributed by atoms with E-state index in [2.05, 4.69) is 74.6 Å². The third kappa shape index (κ3) is 7.53. The molecule has 0 saturated carbocycles. The molecule has 0 aliphatic rings. The number of aromatic nitrogens is 8. The van der Waals surface area contributed by atoms with Crippen LogP contribution in [-0.2, 0) is 6.42 Å². The average molecular weight is 802 g/mol. The molecule has 4 aromatic heterocycles. The van der Waals surface area contributed by atoms with Gasteiger partial charge in [0.2, 0.25) is 0 Å². The van der Waals surface area contributed by atoms with Crippen molar-refractivity contribution in [3.05, 3.63) is 117 Å². The van der Waals surface area contributed by atoms with Crippen LogP contribution in [0.5, 0.6) is 11.5 Å². The molecule has 57 heavy (non-hydrogen) atoms. The maximum absolute atomic E-state index is 12.1. The zero-order valence-corrected chi connectivity index (χ0v) is 34.9. The molecule has 5 N–H and O–H groups in total. The fourth-order valence-electron chi connectivity index (χ4n) is 7.02. The van der Waals surface area contributed by atoms with Gasteiger partial charge in [0.1, 0.15) is 11.5 Å². The van der Waals surface area contributed by atoms with Gasteiger partial charge in [-0.25, -0.2) is 4.79 Å². The molecule has 0 bridgehead atoms. The first kappa shape index (κ1) is 40.4. The van der Waals surface area contributed by atoms with Crippen molar-refractivity contribution in [1.82, 2.24) is 44.0 Å². The lowest BCUT2D eigenvalue weighted by molar-refractivity contribution is 0.245. The Labute approximate surface area is 341 Å². The number of rotatable bonds is 6. The lowest BCUT2D eigenvalue weighted by atomic mass is 10.0. The minimum absolute atomic E-state index is 0.196. The lowest BCUT2D eigenvalue weighted by Gasteiger charge is -2.14. The number of fused-ring (bicyclic) bond motifs is 2. The van der Waals surface area contributed by atoms with Crippen LogP contribution in [0.4, 0.5) is 4.79 Å². The predicted octanol–water partition coefficient (Wildman–Crippen LogP) is 10.5. The fourth-order valence-corrected chi connectivity index (χ4v) is 7.48. The van der Waals surface area contributed by atoms with Crippen LogP contribution in [0, 0.1) is 23.4 Å². The summed E-state index contributed by atoms with van der Waals surface area (Å²) >= 11 is 11.1. The van der Waals surface area contributed by atoms with E-state index in [0.717, 1.165) is 67.7 Å². The second-order valence-electron chi connectivity index (χ2n) is 13.5. The summed E-state index contributed by atoms with van der Waals surface area (Å²) in [6.45, 7) is 14.3. The molecule has 0 aliphatic heterocycles. The Morgan fingerprint density at radius 2 is 1.33 bits per heavy atom. The van der Waals surface area contributed by atoms with E-state index in [1.54, 1.807) is 36.0 Å². The molecule has 0 spiro atoms. The number of aromatic hydroxyl groups is 2. The van der Waals surface area contributed by atoms with E-state index in [9.17, 15) is 15.0 Å². The smallest absolute Gasteiger partial charge is 0.325 e. The Kier molecular flexibility index (Phi) is 12.0. The molecule has 12 nitrogen and oxygen atoms in total. The third-order valence-corrected chi connectivity index (χ3v) is 10.3. The number of amides is 1. The molecule has 0 aliphatic carbocycles. The molecule has 0 saturated heterocycles. The fraction of sp³-hybridized carbons (Fsp3) is 0.233. The van der Waals surface area contributed by atoms with E-state index in [1.807, 2.05) is 80.2 Å². The minimum atomic E-state index is -0.215. The van der Waals surface area contributed by atoms with Crippen LogP contribution in [-0.4, -0.2) is 62.0 Å². The van der Waals surface area contributed by atoms with Gasteiger partial charge in [0, 0.05) is 47.4 Å². The highest BCUT2D eigenvalue weighted by atomic mass is 32.1. The standard InChI is InChI=1S/C22H24N4OS.C19H17N5O2S.C2H6/c1-5-15-12-17(14(4)11-20(15)27)21-23-24-22(28)26(21)19-8-6-7-18-16(19)9-10-25(18)13(2)3;1-11-10-12(25)6-7-13(11)17-21-22-19(27)24(17)16-5-3-4-15-14(16)8-9-23(15)18(26)20-2;1-2/h6-13,27H,5H2,1-4H3,(H,24,28);3-10,25H,1-2H3,(H,20,26)(H,22,27);1-2H3. The van der Waals surface area contributed by atoms with E-state index in [1.165, 1.54) is 5.52 Å². The summed E-state index contributed by atoms with van der Waals surface area (Å²) in [6, 6.07) is 25.0. The molecule has 14 heteroatoms. The van der Waals surface area contributed by atoms with Crippen molar-refractivity contribution in [3.8, 4) is 45.6 Å². The third-order valence-electron chi connectivity index (χ3n) is 9.76. The number of nitrogens with zero attached hydrogens (tertiary/aromatic N) is 6. The van der Waals surface area contributed by atoms with Gasteiger partial charge in [0.25, 0.3) is 0 Å². The van der Waals surface area contributed by atoms with Crippen LogP contribution in [0.25, 0.3) is 56.0 Å². The first-order valence-electron chi connectivity index (χ1n) is 18.8. The topological polar surface area (TPSA) is 147 Å². The van der Waals surface area contributed by atoms with Gasteiger partial charge in [0.05, 0.1) is 22.4 Å². The summed E-state index contributed by atoms with van der Waals surface area (Å²) in [5.74, 6) is 1.90. The molecule has 0 fully saturated rings. The van der Waals surface area contributed by atoms with Crippen molar-refractivity contribution in [2.45, 2.75) is 60.9 Å². The SMILES string of the molecule is CC.CCc1cc(-c2n[nH]c(=S)n2-c2cccc3c2ccn3C(C)C)c(C)cc1O.CNC(=O)n1ccc2c(-n3c(-c4ccc(O)cc4C)n[nH]c3=S)cccc21. The molecular formula is C43H47N9O3S2. The number of H-pyrrole nitrogens is 2. The Hall–Kier alpha value is -6.25. The number of nitrogens with one attached hydrogen (secondary N) is 3. The second kappa shape index (κ2) is 16.9. The number of carbonyl (C=O) groups excluding carboxylic acids is 1. The number of aromatic amines is 2. The molecule has 4 aromatic carbocycles. The van der Waals surface area contributed by atoms with Crippen LogP contribution in [0.3, 0.4) is 0 Å². The highest BCUT2D eigenvalue weighted by Crippen LogP contribution is 2.34. The summed E-state index contributed by atoms with van der Waals surface area (Å²) in [4.78, 5) is 12.1. The summed E-state index contributed by atoms with van der Waals surface area (Å²) in [6.07, 6.45) is 4.59. The van der Waals surface area contributed by atoms with Crippen LogP contribution >= 0.6 is 24.4 Å². The highest BCUT2D eigenvalue weighted by Gasteiger charge is 2.19. The summed E-state index contributed by atoms with van der Waals surface area (Å²) in [5, 5.41) is 39.3. The van der Waals surface area contributed by atoms with E-state index >= 15 is 0 Å². The van der Waals surface area contributed by atoms with Crippen molar-refractivity contribution in [1.29, 1.82) is 0 Å². The van der Waals surface area contributed by atoms with Gasteiger partial charge in [-0.1, -0.05) is 32.9 Å². The summed E-state index contributed by atoms with van der Waals surface area (Å²) in [7, 11) is 1.59. The second-order valence-corrected chi connectivity index (χ2v) is 14.3. The molecule has 8 aromatic rings. The van der Waals surface area contributed by atoms with Crippen LogP contribution in [0.2, 0.25) is 0 Å². The monoisotopic (exact) mass is 801 g/mol. The van der Waals surface area contributed by atoms with Gasteiger partial charge < -0.3 is 20.1 Å². The van der Waals surface area contributed by atoms with Crippen molar-refractivity contribution >= 4 is 52.3 Å². The van der Waals surface area contributed by atoms with Crippen molar-refractivity contribution in [2.75, 3.05) is 7.05 Å². The van der Waals surface area contributed by atoms with Gasteiger partial charge in [-0.15, -0.1) is 0 Å². The number of hydrogen-bond donors (Lipinski definition) is 5. The van der Waals surface area contributed by atoms with Crippen molar-refractivity contribution in [2.24, 2.45) is 0 Å². The van der Waals surface area contributed by atoms with Gasteiger partial charge in [-0.3, -0.25) is 23.9 Å². The maximum Gasteiger partial charge on any atom is 0.325 e. The van der Waals surface area contributed by atoms with Crippen LogP contribution in [0.1, 0.15) is 57.4 Å². The van der Waals surface area contributed by atoms with Gasteiger partial charge >= 0.3 is 6.03 Å². The Bertz CT molecular complexity index is 2850. The molecule has 0 radical (unpaired) electrons. The van der Waals surface area contributed by atoms with E-state index in [0.29, 0.717) is 27.2 Å². The molecule has 294 valence electrons. The largest absolute Gasteiger partial charge is 0.508 e. The van der Waals surface area contributed by atoms with Crippen LogP contribution < -0.4 is 5.32 Å². The zero-order valence-electron chi connectivity index (χ0n) is 33.2. The molecule has 0 atom stereocenters. The van der Waals surface area contributed by atoms with E-state index in [4.69, 9.17) is 24.4 Å². The zero-order chi connectivity index (χ0) is 41.1. The van der Waals surface area contributed by atoms with Crippen LogP contribution in [0.15, 0.2) is 91.3 Å². The normalized spacial score (nSPS) is 11.0. The predicted molar refractivity (Wildman–Crippen MR) is 233 cm³/mol. The number of carbonyl (C=O) groups is 1. The number of phenolic OH excluding ortho intramolecular Hbond substituents is 2. The minimum Gasteiger partial charge on any atom is -0.508 e. The van der Waals surface area contributed by atoms with E-state index < -0.39 is 0 Å². The maximum atomic E-state index is 12.1. The quantitative estimate of drug-likeness (QED) is 0.105. The molecule has 1 amide bonds. The van der Waals surface area contributed by atoms with Gasteiger partial charge in [-0.2, -0.15) is 10.2 Å². The Morgan fingerprint density at radius 3 is 1.91 bits per heavy atom. The number of benzene rings is 4. The average Bonchev–Trinajstić information content (AvgIpc) is 4.01. The first-order valence-corrected chi connectivity index (χ1v) is 19.6. The molecular weight excluding hydrogens is 755 g/mol. The molecule has 4 heterocycles. The summed E-state index contributed by atoms with van der Waals surface area (Å²) in [5.41, 5.74) is 8.28. The number of aryl methyl sites for hydroxylation is 3. The number of phenols is 2. The highest BCUT2D eigenvalue weighted by molar-refractivity contribution is 7.71. The summed E-state index contributed by atoms with van der Waals surface area (Å²) < 4.78 is 8.62. The Morgan fingerprint density at radius 1 is 0.772 bits per heavy atom. The first-order chi connectivity index (χ1) is 27.4. The molecule has 0 unspecified atom stereocenters. The number of hydrogen-bond acceptors (Lipinski definition) is 7. The Balaban J connectivity index is 0.000000185. The molecule has 8 rings (SSSR count). The van der Waals surface area contributed by atoms with E-state index in [-0.39, 0.29) is 11.8 Å². The lowest BCUT2D eigenvalue weighted by Crippen LogP contribution is -2.23.